The molecule has 0 aliphatic carbocycles. The van der Waals surface area contributed by atoms with Gasteiger partial charge in [0.25, 0.3) is 0 Å². The third-order valence-corrected chi connectivity index (χ3v) is 3.15. The van der Waals surface area contributed by atoms with Crippen LogP contribution in [-0.4, -0.2) is 20.3 Å². The Hall–Kier alpha value is -3.08. The Labute approximate surface area is 118 Å². The van der Waals surface area contributed by atoms with Crippen molar-refractivity contribution in [3.8, 4) is 6.07 Å². The molecule has 21 heavy (non-hydrogen) atoms. The average Bonchev–Trinajstić information content (AvgIpc) is 2.92. The molecule has 7 nitrogen and oxygen atoms in total. The Morgan fingerprint density at radius 2 is 2.14 bits per heavy atom. The quantitative estimate of drug-likeness (QED) is 0.709. The number of nitrogens with zero attached hydrogens (tertiary/aromatic N) is 5. The highest BCUT2D eigenvalue weighted by atomic mass is 19.1. The number of fused-ring (bicyclic) bond motifs is 1. The lowest BCUT2D eigenvalue weighted by Gasteiger charge is -2.08. The molecule has 0 saturated carbocycles. The highest BCUT2D eigenvalue weighted by Crippen LogP contribution is 2.25. The van der Waals surface area contributed by atoms with Gasteiger partial charge >= 0.3 is 0 Å². The Morgan fingerprint density at radius 3 is 2.86 bits per heavy atom. The highest BCUT2D eigenvalue weighted by molar-refractivity contribution is 5.85. The average molecular weight is 284 g/mol. The van der Waals surface area contributed by atoms with E-state index in [2.05, 4.69) is 24.9 Å². The first-order valence-corrected chi connectivity index (χ1v) is 6.03. The van der Waals surface area contributed by atoms with Crippen molar-refractivity contribution >= 4 is 16.9 Å². The molecule has 0 atom stereocenters. The van der Waals surface area contributed by atoms with Gasteiger partial charge < -0.3 is 5.73 Å². The van der Waals surface area contributed by atoms with E-state index in [-0.39, 0.29) is 12.0 Å². The molecule has 0 fully saturated rings. The third kappa shape index (κ3) is 2.14. The number of nitrogen functional groups attached to an aromatic ring is 1. The van der Waals surface area contributed by atoms with Crippen molar-refractivity contribution in [2.24, 2.45) is 0 Å². The van der Waals surface area contributed by atoms with E-state index in [9.17, 15) is 4.39 Å². The summed E-state index contributed by atoms with van der Waals surface area (Å²) in [6.45, 7) is 1.76. The smallest absolute Gasteiger partial charge is 0.231 e. The summed E-state index contributed by atoms with van der Waals surface area (Å²) in [7, 11) is 0. The van der Waals surface area contributed by atoms with Crippen LogP contribution < -0.4 is 5.73 Å². The Bertz CT molecular complexity index is 882. The maximum atomic E-state index is 13.5. The van der Waals surface area contributed by atoms with Gasteiger partial charge in [-0.05, 0) is 29.4 Å². The fourth-order valence-electron chi connectivity index (χ4n) is 2.05. The van der Waals surface area contributed by atoms with Gasteiger partial charge in [0.1, 0.15) is 11.6 Å². The maximum absolute atomic E-state index is 13.5. The first-order valence-electron chi connectivity index (χ1n) is 6.03. The van der Waals surface area contributed by atoms with Gasteiger partial charge in [-0.1, -0.05) is 0 Å². The number of aromatic nitrogens is 4. The molecule has 3 rings (SSSR count). The van der Waals surface area contributed by atoms with Crippen LogP contribution in [0.2, 0.25) is 0 Å². The van der Waals surface area contributed by atoms with Gasteiger partial charge in [-0.2, -0.15) is 9.65 Å². The second-order valence-corrected chi connectivity index (χ2v) is 4.46. The van der Waals surface area contributed by atoms with E-state index < -0.39 is 5.95 Å². The minimum Gasteiger partial charge on any atom is -0.396 e. The van der Waals surface area contributed by atoms with Gasteiger partial charge in [0.2, 0.25) is 11.6 Å². The standard InChI is InChI=1S/C13H9FN6O/c1-6-9(10(16)11-13(17-6)20-21-19-11)4-8-3-2-7(5-15)12(14)18-8/h2-3H,4,16H2,1H3. The lowest BCUT2D eigenvalue weighted by Crippen LogP contribution is -2.05. The van der Waals surface area contributed by atoms with Crippen LogP contribution in [0.3, 0.4) is 0 Å². The van der Waals surface area contributed by atoms with Crippen LogP contribution in [0.25, 0.3) is 11.2 Å². The molecule has 0 aliphatic rings. The maximum Gasteiger partial charge on any atom is 0.231 e. The molecule has 0 aliphatic heterocycles. The minimum atomic E-state index is -0.802. The number of nitriles is 1. The lowest BCUT2D eigenvalue weighted by molar-refractivity contribution is 0.315. The zero-order chi connectivity index (χ0) is 15.0. The molecule has 8 heteroatoms. The van der Waals surface area contributed by atoms with Crippen LogP contribution in [0, 0.1) is 24.2 Å². The van der Waals surface area contributed by atoms with Crippen molar-refractivity contribution in [2.45, 2.75) is 13.3 Å². The Morgan fingerprint density at radius 1 is 1.33 bits per heavy atom. The fraction of sp³-hybridized carbons (Fsp3) is 0.154. The topological polar surface area (TPSA) is 115 Å². The Kier molecular flexibility index (Phi) is 2.95. The second kappa shape index (κ2) is 4.79. The number of anilines is 1. The summed E-state index contributed by atoms with van der Waals surface area (Å²) in [5.41, 5.74) is 8.76. The van der Waals surface area contributed by atoms with E-state index >= 15 is 0 Å². The molecule has 0 unspecified atom stereocenters. The SMILES string of the molecule is Cc1nc2nonc2c(N)c1Cc1ccc(C#N)c(F)n1. The summed E-state index contributed by atoms with van der Waals surface area (Å²) in [5, 5.41) is 16.0. The van der Waals surface area contributed by atoms with Gasteiger partial charge in [-0.3, -0.25) is 0 Å². The number of aryl methyl sites for hydroxylation is 1. The predicted octanol–water partition coefficient (Wildman–Crippen LogP) is 1.50. The molecular weight excluding hydrogens is 275 g/mol. The van der Waals surface area contributed by atoms with E-state index in [1.54, 1.807) is 19.1 Å². The predicted molar refractivity (Wildman–Crippen MR) is 70.5 cm³/mol. The number of halogens is 1. The molecule has 2 N–H and O–H groups in total. The molecule has 0 aromatic carbocycles. The highest BCUT2D eigenvalue weighted by Gasteiger charge is 2.16. The van der Waals surface area contributed by atoms with Crippen LogP contribution in [0.5, 0.6) is 0 Å². The van der Waals surface area contributed by atoms with Gasteiger partial charge in [0, 0.05) is 23.4 Å². The fourth-order valence-corrected chi connectivity index (χ4v) is 2.05. The van der Waals surface area contributed by atoms with Crippen LogP contribution in [0.1, 0.15) is 22.5 Å². The van der Waals surface area contributed by atoms with Crippen LogP contribution in [0.15, 0.2) is 16.8 Å². The van der Waals surface area contributed by atoms with E-state index in [4.69, 9.17) is 11.0 Å². The number of nitrogens with two attached hydrogens (primary N) is 1. The van der Waals surface area contributed by atoms with Gasteiger partial charge in [-0.15, -0.1) is 0 Å². The molecule has 0 amide bonds. The van der Waals surface area contributed by atoms with Crippen molar-refractivity contribution in [3.63, 3.8) is 0 Å². The second-order valence-electron chi connectivity index (χ2n) is 4.46. The molecule has 3 aromatic heterocycles. The Balaban J connectivity index is 2.05. The molecule has 3 heterocycles. The molecule has 0 saturated heterocycles. The van der Waals surface area contributed by atoms with Crippen LogP contribution >= 0.6 is 0 Å². The van der Waals surface area contributed by atoms with Crippen molar-refractivity contribution in [1.29, 1.82) is 5.26 Å². The van der Waals surface area contributed by atoms with Crippen LogP contribution in [0.4, 0.5) is 10.1 Å². The van der Waals surface area contributed by atoms with E-state index in [1.165, 1.54) is 6.07 Å². The number of hydrogen-bond donors (Lipinski definition) is 1. The lowest BCUT2D eigenvalue weighted by atomic mass is 10.0. The summed E-state index contributed by atoms with van der Waals surface area (Å²) in [4.78, 5) is 7.98. The van der Waals surface area contributed by atoms with Crippen molar-refractivity contribution < 1.29 is 9.02 Å². The molecule has 0 radical (unpaired) electrons. The van der Waals surface area contributed by atoms with E-state index in [0.29, 0.717) is 33.8 Å². The molecule has 0 bridgehead atoms. The zero-order valence-corrected chi connectivity index (χ0v) is 11.0. The number of hydrogen-bond acceptors (Lipinski definition) is 7. The summed E-state index contributed by atoms with van der Waals surface area (Å²) in [6, 6.07) is 4.68. The monoisotopic (exact) mass is 284 g/mol. The van der Waals surface area contributed by atoms with Crippen molar-refractivity contribution in [2.75, 3.05) is 5.73 Å². The molecule has 0 spiro atoms. The summed E-state index contributed by atoms with van der Waals surface area (Å²) in [6.07, 6.45) is 0.274. The third-order valence-electron chi connectivity index (χ3n) is 3.15. The molecular formula is C13H9FN6O. The van der Waals surface area contributed by atoms with Gasteiger partial charge in [-0.25, -0.2) is 14.6 Å². The molecule has 104 valence electrons. The van der Waals surface area contributed by atoms with Crippen LogP contribution in [-0.2, 0) is 6.42 Å². The minimum absolute atomic E-state index is 0.0993. The largest absolute Gasteiger partial charge is 0.396 e. The van der Waals surface area contributed by atoms with E-state index in [1.807, 2.05) is 0 Å². The van der Waals surface area contributed by atoms with Gasteiger partial charge in [0.15, 0.2) is 5.52 Å². The normalized spacial score (nSPS) is 10.7. The summed E-state index contributed by atoms with van der Waals surface area (Å²) in [5.74, 6) is -0.802. The summed E-state index contributed by atoms with van der Waals surface area (Å²) < 4.78 is 18.1. The molecule has 3 aromatic rings. The number of pyridine rings is 2. The first kappa shape index (κ1) is 12.9. The van der Waals surface area contributed by atoms with Crippen molar-refractivity contribution in [3.05, 3.63) is 40.6 Å². The number of rotatable bonds is 2. The van der Waals surface area contributed by atoms with E-state index in [0.717, 1.165) is 0 Å². The van der Waals surface area contributed by atoms with Gasteiger partial charge in [0.05, 0.1) is 5.69 Å². The van der Waals surface area contributed by atoms with Crippen molar-refractivity contribution in [1.82, 2.24) is 20.3 Å². The first-order chi connectivity index (χ1) is 10.1. The summed E-state index contributed by atoms with van der Waals surface area (Å²) >= 11 is 0. The zero-order valence-electron chi connectivity index (χ0n) is 11.0.